The third-order valence-corrected chi connectivity index (χ3v) is 18.4. The first-order valence-corrected chi connectivity index (χ1v) is 34.4. The average Bonchev–Trinajstić information content (AvgIpc) is 0.761. The van der Waals surface area contributed by atoms with Crippen LogP contribution in [0, 0.1) is 0 Å². The molecule has 0 saturated carbocycles. The molecule has 9 rings (SSSR count). The minimum absolute atomic E-state index is 0.208. The van der Waals surface area contributed by atoms with Crippen molar-refractivity contribution >= 4 is 172 Å². The van der Waals surface area contributed by atoms with Crippen molar-refractivity contribution in [3.63, 3.8) is 0 Å². The highest BCUT2D eigenvalue weighted by Gasteiger charge is 2.28. The SMILES string of the molecule is Nc1c(N=Nc2cc(N=c3nc(Cl)[nH]c(=Nc4cc(N=c5nc(Cl)[nH]c(=Nc6ccc(S(=O)(=O)O)c(N=Nc7c(S(=O)(=O)O)cc8cc(S(=O)(=O)O)cc(O)c8c7N)c6)[nH]5)ccc4S(=O)(=O)O)[nH]3)ccc2S(=O)(=O)O)c(S(=O)(=O)O)cc2cc(S(=O)(=O)O)cc(O)c12. The summed E-state index contributed by atoms with van der Waals surface area (Å²) in [6, 6.07) is 11.6. The molecule has 0 aliphatic carbocycles. The summed E-state index contributed by atoms with van der Waals surface area (Å²) in [6.45, 7) is 0. The van der Waals surface area contributed by atoms with Gasteiger partial charge in [0.05, 0.1) is 43.9 Å². The van der Waals surface area contributed by atoms with Crippen molar-refractivity contribution in [2.75, 3.05) is 11.5 Å². The van der Waals surface area contributed by atoms with E-state index in [2.05, 4.69) is 70.3 Å². The molecular formula is C44H32Cl2N16O23S7. The predicted molar refractivity (Wildman–Crippen MR) is 313 cm³/mol. The normalized spacial score (nSPS) is 14.0. The molecule has 0 saturated heterocycles. The molecule has 0 bridgehead atoms. The van der Waals surface area contributed by atoms with Crippen molar-refractivity contribution in [1.82, 2.24) is 29.9 Å². The smallest absolute Gasteiger partial charge is 0.296 e. The zero-order chi connectivity index (χ0) is 67.7. The first-order valence-electron chi connectivity index (χ1n) is 23.6. The number of aromatic amines is 4. The molecule has 48 heteroatoms. The van der Waals surface area contributed by atoms with Crippen LogP contribution in [0.15, 0.2) is 166 Å². The molecule has 0 aliphatic rings. The van der Waals surface area contributed by atoms with E-state index in [1.807, 2.05) is 0 Å². The number of nitrogens with one attached hydrogen (secondary N) is 4. The maximum atomic E-state index is 12.6. The Hall–Kier alpha value is -9.37. The zero-order valence-corrected chi connectivity index (χ0v) is 51.4. The molecule has 0 unspecified atom stereocenters. The van der Waals surface area contributed by atoms with E-state index in [-0.39, 0.29) is 22.7 Å². The molecule has 7 aromatic carbocycles. The Morgan fingerprint density at radius 3 is 1.04 bits per heavy atom. The second kappa shape index (κ2) is 24.0. The van der Waals surface area contributed by atoms with Gasteiger partial charge in [0.1, 0.15) is 58.7 Å². The molecule has 92 heavy (non-hydrogen) atoms. The number of nitrogens with two attached hydrogens (primary N) is 2. The number of azo groups is 2. The van der Waals surface area contributed by atoms with Gasteiger partial charge in [0, 0.05) is 22.9 Å². The van der Waals surface area contributed by atoms with Gasteiger partial charge < -0.3 is 31.6 Å². The van der Waals surface area contributed by atoms with Crippen LogP contribution in [0.1, 0.15) is 0 Å². The van der Waals surface area contributed by atoms with Gasteiger partial charge in [-0.15, -0.1) is 20.5 Å². The average molecular weight is 1450 g/mol. The summed E-state index contributed by atoms with van der Waals surface area (Å²) < 4.78 is 242. The highest BCUT2D eigenvalue weighted by atomic mass is 35.5. The highest BCUT2D eigenvalue weighted by molar-refractivity contribution is 7.87. The molecule has 482 valence electrons. The fourth-order valence-corrected chi connectivity index (χ4v) is 12.8. The Balaban J connectivity index is 1.10. The van der Waals surface area contributed by atoms with E-state index >= 15 is 0 Å². The molecule has 0 aliphatic heterocycles. The summed E-state index contributed by atoms with van der Waals surface area (Å²) in [7, 11) is -36.3. The summed E-state index contributed by atoms with van der Waals surface area (Å²) in [5, 5.41) is 33.2. The molecule has 0 radical (unpaired) electrons. The number of aromatic hydroxyl groups is 2. The van der Waals surface area contributed by atoms with E-state index in [0.717, 1.165) is 54.6 Å². The van der Waals surface area contributed by atoms with Gasteiger partial charge in [-0.1, -0.05) is 0 Å². The maximum absolute atomic E-state index is 12.6. The number of nitrogens with zero attached hydrogens (tertiary/aromatic N) is 10. The largest absolute Gasteiger partial charge is 0.507 e. The predicted octanol–water partition coefficient (Wildman–Crippen LogP) is 4.47. The van der Waals surface area contributed by atoms with Crippen molar-refractivity contribution in [2.24, 2.45) is 40.4 Å². The summed E-state index contributed by atoms with van der Waals surface area (Å²) in [6.07, 6.45) is 0. The second-order valence-corrected chi connectivity index (χ2v) is 28.6. The van der Waals surface area contributed by atoms with E-state index in [1.54, 1.807) is 0 Å². The monoisotopic (exact) mass is 1450 g/mol. The molecule has 0 spiro atoms. The first kappa shape index (κ1) is 67.0. The van der Waals surface area contributed by atoms with E-state index in [1.165, 1.54) is 0 Å². The molecule has 17 N–H and O–H groups in total. The van der Waals surface area contributed by atoms with Crippen LogP contribution in [0.2, 0.25) is 10.6 Å². The number of halogens is 2. The van der Waals surface area contributed by atoms with E-state index in [4.69, 9.17) is 34.7 Å². The number of anilines is 2. The van der Waals surface area contributed by atoms with Crippen LogP contribution < -0.4 is 33.9 Å². The Morgan fingerprint density at radius 1 is 0.370 bits per heavy atom. The standard InChI is InChI=1S/C44H32Cl2N16O23S7/c45-39-53-41(57-42(54-39)50-19-2-5-29(89(74,75)76)24(12-19)59-61-37-31(91(80,81)82)9-16-7-21(86(65,66)67)14-26(63)33(16)35(37)47)49-18-1-4-28(88(71,72)73)23(11-18)52-44-56-40(46)55-43(58-44)51-20-3-6-30(90(77,78)79)25(13-20)60-62-38-32(92(83,84)85)10-17-8-22(87(68,69)70)15-27(64)34(17)36(38)48/h1-15,63-64H,47-48H2,(H,65,66,67)(H,68,69,70)(H,71,72,73)(H,74,75,76)(H,77,78,79)(H,80,81,82)(H,83,84,85)(H2,49,50,53,54,57)(H2,51,52,55,56,58). The Kier molecular flexibility index (Phi) is 17.5. The van der Waals surface area contributed by atoms with Crippen LogP contribution in [0.5, 0.6) is 11.5 Å². The lowest BCUT2D eigenvalue weighted by Gasteiger charge is -2.12. The number of fused-ring (bicyclic) bond motifs is 2. The van der Waals surface area contributed by atoms with Gasteiger partial charge in [-0.05, 0) is 113 Å². The molecule has 2 heterocycles. The van der Waals surface area contributed by atoms with Crippen LogP contribution >= 0.6 is 23.2 Å². The molecule has 0 fully saturated rings. The number of phenols is 2. The number of aromatic nitrogens is 6. The number of phenolic OH excluding ortho intramolecular Hbond substituents is 2. The Morgan fingerprint density at radius 2 is 0.696 bits per heavy atom. The van der Waals surface area contributed by atoms with Crippen LogP contribution in [-0.4, -0.2) is 131 Å². The number of H-pyrrole nitrogens is 4. The van der Waals surface area contributed by atoms with Gasteiger partial charge in [0.2, 0.25) is 33.0 Å². The summed E-state index contributed by atoms with van der Waals surface area (Å²) in [5.41, 5.74) is 4.00. The molecular weight excluding hydrogens is 1420 g/mol. The third kappa shape index (κ3) is 14.8. The minimum Gasteiger partial charge on any atom is -0.507 e. The fourth-order valence-electron chi connectivity index (χ4n) is 8.19. The highest BCUT2D eigenvalue weighted by Crippen LogP contribution is 2.46. The lowest BCUT2D eigenvalue weighted by molar-refractivity contribution is 0.470. The van der Waals surface area contributed by atoms with Gasteiger partial charge in [-0.25, -0.2) is 20.0 Å². The Labute approximate surface area is 521 Å². The van der Waals surface area contributed by atoms with E-state index in [0.29, 0.717) is 36.4 Å². The fraction of sp³-hybridized carbons (Fsp3) is 0. The van der Waals surface area contributed by atoms with Crippen molar-refractivity contribution in [3.8, 4) is 11.5 Å². The van der Waals surface area contributed by atoms with Crippen LogP contribution in [-0.2, 0) is 70.8 Å². The summed E-state index contributed by atoms with van der Waals surface area (Å²) >= 11 is 12.5. The molecule has 0 amide bonds. The van der Waals surface area contributed by atoms with Crippen molar-refractivity contribution < 1.29 is 101 Å². The summed E-state index contributed by atoms with van der Waals surface area (Å²) in [5.74, 6) is -1.88. The topological polar surface area (TPSA) is 661 Å². The number of nitrogen functional groups attached to an aromatic ring is 2. The van der Waals surface area contributed by atoms with Crippen molar-refractivity contribution in [3.05, 3.63) is 124 Å². The number of rotatable bonds is 15. The minimum atomic E-state index is -5.37. The molecule has 39 nitrogen and oxygen atoms in total. The van der Waals surface area contributed by atoms with Gasteiger partial charge in [0.15, 0.2) is 0 Å². The van der Waals surface area contributed by atoms with Gasteiger partial charge in [-0.2, -0.15) is 68.9 Å². The maximum Gasteiger partial charge on any atom is 0.296 e. The first-order chi connectivity index (χ1) is 42.4. The molecule has 9 aromatic rings. The van der Waals surface area contributed by atoms with E-state index < -0.39 is 205 Å². The van der Waals surface area contributed by atoms with Gasteiger partial charge in [-0.3, -0.25) is 41.8 Å². The van der Waals surface area contributed by atoms with Gasteiger partial charge in [0.25, 0.3) is 70.8 Å². The lowest BCUT2D eigenvalue weighted by Crippen LogP contribution is -2.27. The molecule has 2 aromatic heterocycles. The number of benzene rings is 7. The van der Waals surface area contributed by atoms with Crippen LogP contribution in [0.3, 0.4) is 0 Å². The third-order valence-electron chi connectivity index (χ3n) is 11.9. The molecule has 0 atom stereocenters. The quantitative estimate of drug-likeness (QED) is 0.0382. The van der Waals surface area contributed by atoms with Crippen molar-refractivity contribution in [1.29, 1.82) is 0 Å². The Bertz CT molecular complexity index is 5970. The van der Waals surface area contributed by atoms with Crippen LogP contribution in [0.25, 0.3) is 21.5 Å². The van der Waals surface area contributed by atoms with E-state index in [9.17, 15) is 101 Å². The summed E-state index contributed by atoms with van der Waals surface area (Å²) in [4.78, 5) is 27.8. The second-order valence-electron chi connectivity index (χ2n) is 18.1. The van der Waals surface area contributed by atoms with Gasteiger partial charge >= 0.3 is 0 Å². The van der Waals surface area contributed by atoms with Crippen molar-refractivity contribution in [2.45, 2.75) is 34.3 Å². The number of hydrogen-bond donors (Lipinski definition) is 15. The zero-order valence-electron chi connectivity index (χ0n) is 44.1. The van der Waals surface area contributed by atoms with Crippen LogP contribution in [0.4, 0.5) is 56.9 Å². The number of hydrogen-bond acceptors (Lipinski definition) is 28. The lowest BCUT2D eigenvalue weighted by atomic mass is 10.1.